The van der Waals surface area contributed by atoms with Gasteiger partial charge >= 0.3 is 5.97 Å². The molecule has 0 heterocycles. The predicted octanol–water partition coefficient (Wildman–Crippen LogP) is 5.89. The number of rotatable bonds is 8. The van der Waals surface area contributed by atoms with E-state index in [-0.39, 0.29) is 0 Å². The maximum atomic E-state index is 12.1. The van der Waals surface area contributed by atoms with E-state index in [4.69, 9.17) is 9.78 Å². The van der Waals surface area contributed by atoms with E-state index < -0.39 is 5.97 Å². The van der Waals surface area contributed by atoms with Crippen molar-refractivity contribution < 1.29 is 14.6 Å². The Morgan fingerprint density at radius 3 is 2.50 bits per heavy atom. The molecule has 1 radical (unpaired) electrons. The minimum atomic E-state index is -0.411. The molecule has 1 aromatic rings. The lowest BCUT2D eigenvalue weighted by molar-refractivity contribution is -0.242. The van der Waals surface area contributed by atoms with Crippen LogP contribution in [0.2, 0.25) is 0 Å². The van der Waals surface area contributed by atoms with Crippen LogP contribution in [0.15, 0.2) is 24.3 Å². The van der Waals surface area contributed by atoms with Crippen LogP contribution in [0.5, 0.6) is 0 Å². The Hall–Kier alpha value is -1.35. The lowest BCUT2D eigenvalue weighted by Crippen LogP contribution is -2.22. The molecule has 0 spiro atoms. The van der Waals surface area contributed by atoms with Gasteiger partial charge in [0.15, 0.2) is 0 Å². The first-order valence-electron chi connectivity index (χ1n) is 9.42. The normalized spacial score (nSPS) is 21.6. The van der Waals surface area contributed by atoms with E-state index in [1.54, 1.807) is 0 Å². The molecule has 3 heteroatoms. The van der Waals surface area contributed by atoms with Crippen LogP contribution in [0, 0.1) is 17.9 Å². The number of carbonyl (C=O) groups excluding carboxylic acids is 1. The first-order valence-corrected chi connectivity index (χ1v) is 9.42. The van der Waals surface area contributed by atoms with Crippen molar-refractivity contribution in [2.45, 2.75) is 72.1 Å². The van der Waals surface area contributed by atoms with Crippen molar-refractivity contribution in [3.8, 4) is 0 Å². The molecular weight excluding hydrogens is 300 g/mol. The smallest absolute Gasteiger partial charge is 0.292 e. The van der Waals surface area contributed by atoms with Crippen LogP contribution in [0.3, 0.4) is 0 Å². The van der Waals surface area contributed by atoms with E-state index in [1.807, 2.05) is 24.3 Å². The fourth-order valence-corrected chi connectivity index (χ4v) is 3.12. The average Bonchev–Trinajstić information content (AvgIpc) is 2.60. The predicted molar refractivity (Wildman–Crippen MR) is 96.2 cm³/mol. The summed E-state index contributed by atoms with van der Waals surface area (Å²) in [7, 11) is 0. The van der Waals surface area contributed by atoms with E-state index in [1.165, 1.54) is 31.2 Å². The standard InChI is InChI=1S/C21H31O3/c1-4-5-6-7-8-18-10-12-19(13-11-18)21(22)24-23-20-14-9-16(2)17(3)15-20/h10-13,16-17H,4-9,14-15H2,1-3H3. The summed E-state index contributed by atoms with van der Waals surface area (Å²) >= 11 is 0. The number of aryl methyl sites for hydroxylation is 1. The quantitative estimate of drug-likeness (QED) is 0.339. The molecule has 0 amide bonds. The number of unbranched alkanes of at least 4 members (excludes halogenated alkanes) is 3. The number of carbonyl (C=O) groups is 1. The Bertz CT molecular complexity index is 494. The Morgan fingerprint density at radius 1 is 1.08 bits per heavy atom. The Kier molecular flexibility index (Phi) is 7.77. The van der Waals surface area contributed by atoms with Crippen molar-refractivity contribution in [2.24, 2.45) is 11.8 Å². The third-order valence-electron chi connectivity index (χ3n) is 5.14. The van der Waals surface area contributed by atoms with Crippen molar-refractivity contribution in [2.75, 3.05) is 0 Å². The first kappa shape index (κ1) is 19.0. The van der Waals surface area contributed by atoms with Crippen LogP contribution < -0.4 is 0 Å². The zero-order valence-corrected chi connectivity index (χ0v) is 15.3. The Morgan fingerprint density at radius 2 is 1.83 bits per heavy atom. The third kappa shape index (κ3) is 5.94. The van der Waals surface area contributed by atoms with Gasteiger partial charge in [0, 0.05) is 0 Å². The van der Waals surface area contributed by atoms with Crippen molar-refractivity contribution >= 4 is 5.97 Å². The SMILES string of the molecule is CCCCCCc1ccc(C(=O)OO[C]2CCC(C)C(C)C2)cc1. The van der Waals surface area contributed by atoms with Crippen LogP contribution in [-0.4, -0.2) is 5.97 Å². The maximum absolute atomic E-state index is 12.1. The molecule has 2 atom stereocenters. The summed E-state index contributed by atoms with van der Waals surface area (Å²) in [4.78, 5) is 22.4. The highest BCUT2D eigenvalue weighted by molar-refractivity contribution is 5.88. The van der Waals surface area contributed by atoms with Gasteiger partial charge in [-0.1, -0.05) is 52.2 Å². The van der Waals surface area contributed by atoms with Gasteiger partial charge in [0.2, 0.25) is 0 Å². The molecule has 0 saturated heterocycles. The first-order chi connectivity index (χ1) is 11.6. The zero-order valence-electron chi connectivity index (χ0n) is 15.3. The van der Waals surface area contributed by atoms with Gasteiger partial charge in [0.1, 0.15) is 6.10 Å². The second kappa shape index (κ2) is 9.83. The third-order valence-corrected chi connectivity index (χ3v) is 5.14. The van der Waals surface area contributed by atoms with Crippen LogP contribution in [0.1, 0.15) is 81.6 Å². The largest absolute Gasteiger partial charge is 0.373 e. The average molecular weight is 331 g/mol. The van der Waals surface area contributed by atoms with Crippen LogP contribution >= 0.6 is 0 Å². The summed E-state index contributed by atoms with van der Waals surface area (Å²) in [6, 6.07) is 7.69. The van der Waals surface area contributed by atoms with Crippen molar-refractivity contribution in [3.05, 3.63) is 41.5 Å². The minimum Gasteiger partial charge on any atom is -0.292 e. The molecule has 0 bridgehead atoms. The lowest BCUT2D eigenvalue weighted by atomic mass is 9.80. The van der Waals surface area contributed by atoms with Gasteiger partial charge in [-0.2, -0.15) is 4.89 Å². The fraction of sp³-hybridized carbons (Fsp3) is 0.619. The van der Waals surface area contributed by atoms with Gasteiger partial charge in [-0.05, 0) is 61.6 Å². The zero-order chi connectivity index (χ0) is 17.4. The van der Waals surface area contributed by atoms with Crippen molar-refractivity contribution in [1.29, 1.82) is 0 Å². The summed E-state index contributed by atoms with van der Waals surface area (Å²) in [6.45, 7) is 6.70. The molecule has 2 unspecified atom stereocenters. The van der Waals surface area contributed by atoms with Crippen molar-refractivity contribution in [1.82, 2.24) is 0 Å². The van der Waals surface area contributed by atoms with Gasteiger partial charge in [-0.25, -0.2) is 4.79 Å². The van der Waals surface area contributed by atoms with Crippen LogP contribution in [-0.2, 0) is 16.2 Å². The van der Waals surface area contributed by atoms with Crippen LogP contribution in [0.25, 0.3) is 0 Å². The molecule has 0 N–H and O–H groups in total. The van der Waals surface area contributed by atoms with Crippen molar-refractivity contribution in [3.63, 3.8) is 0 Å². The fourth-order valence-electron chi connectivity index (χ4n) is 3.12. The number of hydrogen-bond donors (Lipinski definition) is 0. The number of hydrogen-bond acceptors (Lipinski definition) is 3. The van der Waals surface area contributed by atoms with E-state index in [9.17, 15) is 4.79 Å². The summed E-state index contributed by atoms with van der Waals surface area (Å²) in [5.41, 5.74) is 1.82. The molecule has 2 rings (SSSR count). The van der Waals surface area contributed by atoms with E-state index in [0.717, 1.165) is 31.8 Å². The minimum absolute atomic E-state index is 0.411. The Balaban J connectivity index is 1.74. The topological polar surface area (TPSA) is 35.5 Å². The number of benzene rings is 1. The summed E-state index contributed by atoms with van der Waals surface area (Å²) in [5, 5.41) is 0. The monoisotopic (exact) mass is 331 g/mol. The molecule has 1 aromatic carbocycles. The summed E-state index contributed by atoms with van der Waals surface area (Å²) < 4.78 is 0. The van der Waals surface area contributed by atoms with E-state index in [0.29, 0.717) is 17.4 Å². The molecule has 3 nitrogen and oxygen atoms in total. The highest BCUT2D eigenvalue weighted by Crippen LogP contribution is 2.35. The second-order valence-electron chi connectivity index (χ2n) is 7.20. The van der Waals surface area contributed by atoms with Gasteiger partial charge < -0.3 is 0 Å². The second-order valence-corrected chi connectivity index (χ2v) is 7.20. The molecule has 133 valence electrons. The molecule has 0 aliphatic heterocycles. The summed E-state index contributed by atoms with van der Waals surface area (Å²) in [5.74, 6) is 0.878. The molecule has 1 fully saturated rings. The molecule has 0 aromatic heterocycles. The van der Waals surface area contributed by atoms with Gasteiger partial charge in [0.05, 0.1) is 5.56 Å². The van der Waals surface area contributed by atoms with Gasteiger partial charge in [-0.3, -0.25) is 4.89 Å². The molecular formula is C21H31O3. The van der Waals surface area contributed by atoms with Crippen LogP contribution in [0.4, 0.5) is 0 Å². The highest BCUT2D eigenvalue weighted by atomic mass is 17.2. The molecule has 24 heavy (non-hydrogen) atoms. The Labute approximate surface area is 146 Å². The maximum Gasteiger partial charge on any atom is 0.373 e. The van der Waals surface area contributed by atoms with E-state index in [2.05, 4.69) is 20.8 Å². The summed E-state index contributed by atoms with van der Waals surface area (Å²) in [6.07, 6.45) is 9.83. The lowest BCUT2D eigenvalue weighted by Gasteiger charge is -2.29. The van der Waals surface area contributed by atoms with E-state index >= 15 is 0 Å². The highest BCUT2D eigenvalue weighted by Gasteiger charge is 2.27. The molecule has 1 aliphatic rings. The van der Waals surface area contributed by atoms with Gasteiger partial charge in [0.25, 0.3) is 0 Å². The molecule has 1 aliphatic carbocycles. The van der Waals surface area contributed by atoms with Gasteiger partial charge in [-0.15, -0.1) is 0 Å². The molecule has 1 saturated carbocycles.